The molecule has 0 radical (unpaired) electrons. The first-order chi connectivity index (χ1) is 14.9. The number of rotatable bonds is 8. The number of aromatic nitrogens is 2. The first-order valence-electron chi connectivity index (χ1n) is 9.86. The summed E-state index contributed by atoms with van der Waals surface area (Å²) in [6.07, 6.45) is -0.638. The minimum Gasteiger partial charge on any atom is -0.464 e. The molecular weight excluding hydrogens is 398 g/mol. The van der Waals surface area contributed by atoms with Gasteiger partial charge in [-0.3, -0.25) is 4.79 Å². The molecule has 3 rings (SSSR count). The standard InChI is InChI=1S/C23H25N3O5/c1-16(27)29-15-19(24-22(28)30-14-17-10-6-4-7-11-17)23(2,3)21-25-20(31-26-21)18-12-8-5-9-13-18/h4-13,19H,14-15H2,1-3H3,(H,24,28)/t19-/m1/s1. The Balaban J connectivity index is 1.74. The van der Waals surface area contributed by atoms with Crippen molar-refractivity contribution in [2.75, 3.05) is 6.61 Å². The summed E-state index contributed by atoms with van der Waals surface area (Å²) < 4.78 is 15.9. The van der Waals surface area contributed by atoms with E-state index in [1.807, 2.05) is 74.5 Å². The van der Waals surface area contributed by atoms with Gasteiger partial charge in [0.1, 0.15) is 13.2 Å². The lowest BCUT2D eigenvalue weighted by Gasteiger charge is -2.31. The lowest BCUT2D eigenvalue weighted by Crippen LogP contribution is -2.51. The average Bonchev–Trinajstić information content (AvgIpc) is 3.27. The monoisotopic (exact) mass is 423 g/mol. The van der Waals surface area contributed by atoms with E-state index in [0.29, 0.717) is 11.7 Å². The van der Waals surface area contributed by atoms with Crippen LogP contribution in [0.25, 0.3) is 11.5 Å². The van der Waals surface area contributed by atoms with Crippen LogP contribution >= 0.6 is 0 Å². The minimum absolute atomic E-state index is 0.0714. The Bertz CT molecular complexity index is 1000. The van der Waals surface area contributed by atoms with Gasteiger partial charge in [0.15, 0.2) is 5.82 Å². The van der Waals surface area contributed by atoms with Gasteiger partial charge in [-0.1, -0.05) is 67.5 Å². The number of alkyl carbamates (subject to hydrolysis) is 1. The van der Waals surface area contributed by atoms with Gasteiger partial charge in [0.05, 0.1) is 11.5 Å². The average molecular weight is 423 g/mol. The molecule has 1 N–H and O–H groups in total. The van der Waals surface area contributed by atoms with Crippen molar-refractivity contribution in [3.63, 3.8) is 0 Å². The van der Waals surface area contributed by atoms with Crippen molar-refractivity contribution in [1.29, 1.82) is 0 Å². The van der Waals surface area contributed by atoms with Crippen molar-refractivity contribution in [1.82, 2.24) is 15.5 Å². The van der Waals surface area contributed by atoms with Gasteiger partial charge in [0.2, 0.25) is 0 Å². The third kappa shape index (κ3) is 5.91. The number of carbonyl (C=O) groups excluding carboxylic acids is 2. The minimum atomic E-state index is -0.822. The molecule has 1 amide bonds. The molecule has 0 bridgehead atoms. The summed E-state index contributed by atoms with van der Waals surface area (Å²) in [6.45, 7) is 5.02. The van der Waals surface area contributed by atoms with Gasteiger partial charge < -0.3 is 19.3 Å². The zero-order valence-corrected chi connectivity index (χ0v) is 17.7. The molecule has 0 spiro atoms. The van der Waals surface area contributed by atoms with Gasteiger partial charge in [0.25, 0.3) is 5.89 Å². The van der Waals surface area contributed by atoms with Crippen molar-refractivity contribution in [2.24, 2.45) is 0 Å². The Morgan fingerprint density at radius 2 is 1.68 bits per heavy atom. The number of hydrogen-bond donors (Lipinski definition) is 1. The summed E-state index contributed by atoms with van der Waals surface area (Å²) in [7, 11) is 0. The molecule has 1 aromatic heterocycles. The van der Waals surface area contributed by atoms with Crippen molar-refractivity contribution in [3.8, 4) is 11.5 Å². The van der Waals surface area contributed by atoms with E-state index in [-0.39, 0.29) is 13.2 Å². The Morgan fingerprint density at radius 1 is 1.03 bits per heavy atom. The predicted molar refractivity (Wildman–Crippen MR) is 113 cm³/mol. The predicted octanol–water partition coefficient (Wildman–Crippen LogP) is 3.87. The second-order valence-corrected chi connectivity index (χ2v) is 7.57. The van der Waals surface area contributed by atoms with Crippen LogP contribution in [0.2, 0.25) is 0 Å². The molecule has 1 heterocycles. The number of nitrogens with one attached hydrogen (secondary N) is 1. The van der Waals surface area contributed by atoms with E-state index >= 15 is 0 Å². The van der Waals surface area contributed by atoms with Crippen LogP contribution < -0.4 is 5.32 Å². The molecule has 3 aromatic rings. The van der Waals surface area contributed by atoms with E-state index in [0.717, 1.165) is 11.1 Å². The number of hydrogen-bond acceptors (Lipinski definition) is 7. The molecule has 8 heteroatoms. The highest BCUT2D eigenvalue weighted by Crippen LogP contribution is 2.28. The van der Waals surface area contributed by atoms with Gasteiger partial charge >= 0.3 is 12.1 Å². The molecule has 8 nitrogen and oxygen atoms in total. The fourth-order valence-electron chi connectivity index (χ4n) is 2.88. The Morgan fingerprint density at radius 3 is 2.32 bits per heavy atom. The van der Waals surface area contributed by atoms with Crippen LogP contribution in [-0.4, -0.2) is 34.9 Å². The van der Waals surface area contributed by atoms with Crippen molar-refractivity contribution in [2.45, 2.75) is 38.8 Å². The third-order valence-electron chi connectivity index (χ3n) is 4.85. The van der Waals surface area contributed by atoms with Gasteiger partial charge in [-0.05, 0) is 17.7 Å². The fraction of sp³-hybridized carbons (Fsp3) is 0.304. The highest BCUT2D eigenvalue weighted by Gasteiger charge is 2.38. The van der Waals surface area contributed by atoms with Crippen molar-refractivity contribution >= 4 is 12.1 Å². The lowest BCUT2D eigenvalue weighted by atomic mass is 9.84. The van der Waals surface area contributed by atoms with E-state index in [1.54, 1.807) is 0 Å². The van der Waals surface area contributed by atoms with E-state index in [4.69, 9.17) is 14.0 Å². The molecular formula is C23H25N3O5. The van der Waals surface area contributed by atoms with Crippen LogP contribution in [-0.2, 0) is 26.3 Å². The van der Waals surface area contributed by atoms with Gasteiger partial charge in [-0.2, -0.15) is 4.98 Å². The van der Waals surface area contributed by atoms with E-state index in [1.165, 1.54) is 6.92 Å². The maximum absolute atomic E-state index is 12.4. The number of benzene rings is 2. The maximum Gasteiger partial charge on any atom is 0.407 e. The van der Waals surface area contributed by atoms with Crippen LogP contribution in [0.15, 0.2) is 65.2 Å². The summed E-state index contributed by atoms with van der Waals surface area (Å²) in [5, 5.41) is 6.86. The molecule has 1 atom stereocenters. The molecule has 0 aliphatic rings. The summed E-state index contributed by atoms with van der Waals surface area (Å²) >= 11 is 0. The van der Waals surface area contributed by atoms with Crippen molar-refractivity contribution < 1.29 is 23.6 Å². The molecule has 0 aliphatic carbocycles. The quantitative estimate of drug-likeness (QED) is 0.549. The Hall–Kier alpha value is -3.68. The second-order valence-electron chi connectivity index (χ2n) is 7.57. The molecule has 2 aromatic carbocycles. The van der Waals surface area contributed by atoms with Gasteiger partial charge in [-0.25, -0.2) is 4.79 Å². The first-order valence-corrected chi connectivity index (χ1v) is 9.86. The molecule has 162 valence electrons. The smallest absolute Gasteiger partial charge is 0.407 e. The number of carbonyl (C=O) groups is 2. The van der Waals surface area contributed by atoms with Crippen LogP contribution in [0, 0.1) is 0 Å². The molecule has 0 unspecified atom stereocenters. The summed E-state index contributed by atoms with van der Waals surface area (Å²) in [5.74, 6) is 0.270. The number of nitrogens with zero attached hydrogens (tertiary/aromatic N) is 2. The van der Waals surface area contributed by atoms with Crippen LogP contribution in [0.3, 0.4) is 0 Å². The van der Waals surface area contributed by atoms with Gasteiger partial charge in [0, 0.05) is 12.5 Å². The summed E-state index contributed by atoms with van der Waals surface area (Å²) in [6, 6.07) is 18.0. The highest BCUT2D eigenvalue weighted by molar-refractivity contribution is 5.68. The van der Waals surface area contributed by atoms with E-state index < -0.39 is 23.5 Å². The third-order valence-corrected chi connectivity index (χ3v) is 4.85. The topological polar surface area (TPSA) is 104 Å². The van der Waals surface area contributed by atoms with Crippen LogP contribution in [0.5, 0.6) is 0 Å². The first kappa shape index (κ1) is 22.0. The molecule has 0 fully saturated rings. The fourth-order valence-corrected chi connectivity index (χ4v) is 2.88. The number of ether oxygens (including phenoxy) is 2. The van der Waals surface area contributed by atoms with Crippen molar-refractivity contribution in [3.05, 3.63) is 72.1 Å². The normalized spacial score (nSPS) is 12.1. The van der Waals surface area contributed by atoms with Crippen LogP contribution in [0.1, 0.15) is 32.2 Å². The van der Waals surface area contributed by atoms with Gasteiger partial charge in [-0.15, -0.1) is 0 Å². The van der Waals surface area contributed by atoms with Crippen LogP contribution in [0.4, 0.5) is 4.79 Å². The Kier molecular flexibility index (Phi) is 7.02. The zero-order valence-electron chi connectivity index (χ0n) is 17.7. The van der Waals surface area contributed by atoms with E-state index in [9.17, 15) is 9.59 Å². The Labute approximate surface area is 180 Å². The maximum atomic E-state index is 12.4. The second kappa shape index (κ2) is 9.88. The van der Waals surface area contributed by atoms with E-state index in [2.05, 4.69) is 15.5 Å². The number of amides is 1. The highest BCUT2D eigenvalue weighted by atomic mass is 16.6. The zero-order chi connectivity index (χ0) is 22.3. The molecule has 0 saturated heterocycles. The molecule has 31 heavy (non-hydrogen) atoms. The summed E-state index contributed by atoms with van der Waals surface area (Å²) in [5.41, 5.74) is 0.820. The molecule has 0 aliphatic heterocycles. The lowest BCUT2D eigenvalue weighted by molar-refractivity contribution is -0.142. The SMILES string of the molecule is CC(=O)OC[C@@H](NC(=O)OCc1ccccc1)C(C)(C)c1noc(-c2ccccc2)n1. The number of esters is 1. The summed E-state index contributed by atoms with van der Waals surface area (Å²) in [4.78, 5) is 28.3. The largest absolute Gasteiger partial charge is 0.464 e. The molecule has 0 saturated carbocycles.